The van der Waals surface area contributed by atoms with Crippen LogP contribution >= 0.6 is 0 Å². The SMILES string of the molecule is CCCc1c(N)ncnc1NCCc1ccccc1F. The molecule has 0 radical (unpaired) electrons. The monoisotopic (exact) mass is 274 g/mol. The Morgan fingerprint density at radius 1 is 1.20 bits per heavy atom. The van der Waals surface area contributed by atoms with Crippen molar-refractivity contribution in [1.29, 1.82) is 0 Å². The van der Waals surface area contributed by atoms with E-state index in [0.717, 1.165) is 24.2 Å². The first kappa shape index (κ1) is 14.2. The lowest BCUT2D eigenvalue weighted by Gasteiger charge is -2.12. The second-order valence-electron chi connectivity index (χ2n) is 4.60. The number of nitrogens with zero attached hydrogens (tertiary/aromatic N) is 2. The van der Waals surface area contributed by atoms with Gasteiger partial charge in [0.25, 0.3) is 0 Å². The van der Waals surface area contributed by atoms with Gasteiger partial charge in [0.05, 0.1) is 0 Å². The summed E-state index contributed by atoms with van der Waals surface area (Å²) in [5.41, 5.74) is 7.49. The summed E-state index contributed by atoms with van der Waals surface area (Å²) in [6.45, 7) is 2.68. The van der Waals surface area contributed by atoms with Gasteiger partial charge in [0.15, 0.2) is 0 Å². The van der Waals surface area contributed by atoms with Gasteiger partial charge >= 0.3 is 0 Å². The molecule has 5 heteroatoms. The van der Waals surface area contributed by atoms with Gasteiger partial charge < -0.3 is 11.1 Å². The molecule has 4 nitrogen and oxygen atoms in total. The van der Waals surface area contributed by atoms with E-state index in [1.54, 1.807) is 12.1 Å². The molecule has 0 aliphatic heterocycles. The quantitative estimate of drug-likeness (QED) is 0.850. The predicted octanol–water partition coefficient (Wildman–Crippen LogP) is 2.81. The Bertz CT molecular complexity index is 572. The van der Waals surface area contributed by atoms with Crippen LogP contribution in [0.15, 0.2) is 30.6 Å². The van der Waals surface area contributed by atoms with E-state index < -0.39 is 0 Å². The Morgan fingerprint density at radius 2 is 2.00 bits per heavy atom. The van der Waals surface area contributed by atoms with Gasteiger partial charge in [-0.1, -0.05) is 31.5 Å². The number of nitrogens with one attached hydrogen (secondary N) is 1. The maximum Gasteiger partial charge on any atom is 0.134 e. The van der Waals surface area contributed by atoms with Gasteiger partial charge in [0.2, 0.25) is 0 Å². The smallest absolute Gasteiger partial charge is 0.134 e. The van der Waals surface area contributed by atoms with Gasteiger partial charge in [-0.2, -0.15) is 0 Å². The van der Waals surface area contributed by atoms with Crippen molar-refractivity contribution < 1.29 is 4.39 Å². The highest BCUT2D eigenvalue weighted by Crippen LogP contribution is 2.19. The van der Waals surface area contributed by atoms with Crippen LogP contribution in [0.3, 0.4) is 0 Å². The zero-order chi connectivity index (χ0) is 14.4. The van der Waals surface area contributed by atoms with Crippen molar-refractivity contribution in [3.05, 3.63) is 47.5 Å². The van der Waals surface area contributed by atoms with Gasteiger partial charge in [-0.05, 0) is 24.5 Å². The van der Waals surface area contributed by atoms with Crippen LogP contribution in [-0.2, 0) is 12.8 Å². The largest absolute Gasteiger partial charge is 0.383 e. The maximum atomic E-state index is 13.5. The van der Waals surface area contributed by atoms with E-state index in [1.165, 1.54) is 12.4 Å². The molecule has 20 heavy (non-hydrogen) atoms. The Morgan fingerprint density at radius 3 is 2.75 bits per heavy atom. The molecular formula is C15H19FN4. The van der Waals surface area contributed by atoms with Gasteiger partial charge in [0, 0.05) is 12.1 Å². The number of rotatable bonds is 6. The van der Waals surface area contributed by atoms with Crippen molar-refractivity contribution in [2.75, 3.05) is 17.6 Å². The molecule has 106 valence electrons. The van der Waals surface area contributed by atoms with E-state index >= 15 is 0 Å². The van der Waals surface area contributed by atoms with Crippen LogP contribution in [0.25, 0.3) is 0 Å². The van der Waals surface area contributed by atoms with Crippen LogP contribution in [-0.4, -0.2) is 16.5 Å². The van der Waals surface area contributed by atoms with Crippen molar-refractivity contribution in [2.24, 2.45) is 0 Å². The van der Waals surface area contributed by atoms with E-state index in [-0.39, 0.29) is 5.82 Å². The van der Waals surface area contributed by atoms with Gasteiger partial charge in [-0.3, -0.25) is 0 Å². The molecule has 0 saturated carbocycles. The van der Waals surface area contributed by atoms with E-state index in [1.807, 2.05) is 6.07 Å². The molecule has 0 amide bonds. The molecule has 2 aromatic rings. The van der Waals surface area contributed by atoms with Crippen molar-refractivity contribution in [3.8, 4) is 0 Å². The number of nitrogens with two attached hydrogens (primary N) is 1. The minimum atomic E-state index is -0.176. The molecule has 2 rings (SSSR count). The standard InChI is InChI=1S/C15H19FN4/c1-2-5-12-14(17)19-10-20-15(12)18-9-8-11-6-3-4-7-13(11)16/h3-4,6-7,10H,2,5,8-9H2,1H3,(H3,17,18,19,20). The highest BCUT2D eigenvalue weighted by Gasteiger charge is 2.08. The first-order chi connectivity index (χ1) is 9.72. The Kier molecular flexibility index (Phi) is 4.87. The number of nitrogen functional groups attached to an aromatic ring is 1. The average molecular weight is 274 g/mol. The number of aromatic nitrogens is 2. The van der Waals surface area contributed by atoms with E-state index in [2.05, 4.69) is 22.2 Å². The Labute approximate surface area is 118 Å². The second kappa shape index (κ2) is 6.84. The van der Waals surface area contributed by atoms with Crippen molar-refractivity contribution in [2.45, 2.75) is 26.2 Å². The molecule has 1 heterocycles. The molecule has 0 spiro atoms. The van der Waals surface area contributed by atoms with Crippen molar-refractivity contribution >= 4 is 11.6 Å². The van der Waals surface area contributed by atoms with E-state index in [4.69, 9.17) is 5.73 Å². The minimum absolute atomic E-state index is 0.176. The fourth-order valence-electron chi connectivity index (χ4n) is 2.09. The van der Waals surface area contributed by atoms with Crippen LogP contribution in [0.5, 0.6) is 0 Å². The third-order valence-electron chi connectivity index (χ3n) is 3.12. The zero-order valence-electron chi connectivity index (χ0n) is 11.6. The number of benzene rings is 1. The van der Waals surface area contributed by atoms with E-state index in [9.17, 15) is 4.39 Å². The number of halogens is 1. The van der Waals surface area contributed by atoms with Crippen molar-refractivity contribution in [3.63, 3.8) is 0 Å². The van der Waals surface area contributed by atoms with Gasteiger partial charge in [0.1, 0.15) is 23.8 Å². The molecule has 0 bridgehead atoms. The van der Waals surface area contributed by atoms with Crippen LogP contribution in [0.1, 0.15) is 24.5 Å². The molecule has 0 atom stereocenters. The zero-order valence-corrected chi connectivity index (χ0v) is 11.6. The average Bonchev–Trinajstić information content (AvgIpc) is 2.44. The fraction of sp³-hybridized carbons (Fsp3) is 0.333. The molecular weight excluding hydrogens is 255 g/mol. The molecule has 0 saturated heterocycles. The molecule has 3 N–H and O–H groups in total. The number of hydrogen-bond acceptors (Lipinski definition) is 4. The second-order valence-corrected chi connectivity index (χ2v) is 4.60. The third kappa shape index (κ3) is 3.44. The normalized spacial score (nSPS) is 10.5. The summed E-state index contributed by atoms with van der Waals surface area (Å²) < 4.78 is 13.5. The molecule has 0 unspecified atom stereocenters. The van der Waals surface area contributed by atoms with Crippen LogP contribution in [0.4, 0.5) is 16.0 Å². The molecule has 0 aliphatic carbocycles. The molecule has 1 aromatic heterocycles. The number of anilines is 2. The Hall–Kier alpha value is -2.17. The predicted molar refractivity (Wildman–Crippen MR) is 79.0 cm³/mol. The third-order valence-corrected chi connectivity index (χ3v) is 3.12. The lowest BCUT2D eigenvalue weighted by Crippen LogP contribution is -2.11. The van der Waals surface area contributed by atoms with Gasteiger partial charge in [-0.15, -0.1) is 0 Å². The summed E-state index contributed by atoms with van der Waals surface area (Å²) in [6, 6.07) is 6.79. The van der Waals surface area contributed by atoms with Crippen LogP contribution < -0.4 is 11.1 Å². The first-order valence-corrected chi connectivity index (χ1v) is 6.79. The maximum absolute atomic E-state index is 13.5. The van der Waals surface area contributed by atoms with E-state index in [0.29, 0.717) is 24.3 Å². The summed E-state index contributed by atoms with van der Waals surface area (Å²) in [5, 5.41) is 3.22. The summed E-state index contributed by atoms with van der Waals surface area (Å²) in [6.07, 6.45) is 3.84. The lowest BCUT2D eigenvalue weighted by atomic mass is 10.1. The lowest BCUT2D eigenvalue weighted by molar-refractivity contribution is 0.610. The minimum Gasteiger partial charge on any atom is -0.383 e. The van der Waals surface area contributed by atoms with Gasteiger partial charge in [-0.25, -0.2) is 14.4 Å². The highest BCUT2D eigenvalue weighted by molar-refractivity contribution is 5.55. The summed E-state index contributed by atoms with van der Waals surface area (Å²) >= 11 is 0. The first-order valence-electron chi connectivity index (χ1n) is 6.79. The van der Waals surface area contributed by atoms with Crippen LogP contribution in [0.2, 0.25) is 0 Å². The summed E-state index contributed by atoms with van der Waals surface area (Å²) in [7, 11) is 0. The van der Waals surface area contributed by atoms with Crippen molar-refractivity contribution in [1.82, 2.24) is 9.97 Å². The topological polar surface area (TPSA) is 63.8 Å². The number of hydrogen-bond donors (Lipinski definition) is 2. The molecule has 0 aliphatic rings. The Balaban J connectivity index is 2.01. The molecule has 0 fully saturated rings. The molecule has 1 aromatic carbocycles. The summed E-state index contributed by atoms with van der Waals surface area (Å²) in [5.74, 6) is 1.08. The van der Waals surface area contributed by atoms with Crippen LogP contribution in [0, 0.1) is 5.82 Å². The summed E-state index contributed by atoms with van der Waals surface area (Å²) in [4.78, 5) is 8.22. The fourth-order valence-corrected chi connectivity index (χ4v) is 2.09. The highest BCUT2D eigenvalue weighted by atomic mass is 19.1.